The topological polar surface area (TPSA) is 207 Å². The first-order chi connectivity index (χ1) is 21.3. The standard InChI is InChI=1S/C31H37N9O5/c1-18(28(43)36-31(2,3)4)40-27(37-38-39-40)26(42)23(16-19-10-6-5-7-11-19)34-30(45)24(17-25(32)41)35-29(44)22-15-14-20-12-8-9-13-21(20)33-22/h5-15,18,23-24,26,42H,16-17H2,1-4H3,(H2,32,41)(H,34,45)(H,35,44)(H,36,43)/t18-,23-,24-,26+/m0/s1. The van der Waals surface area contributed by atoms with Crippen molar-refractivity contribution in [1.82, 2.24) is 41.1 Å². The molecule has 45 heavy (non-hydrogen) atoms. The Bertz CT molecular complexity index is 1670. The van der Waals surface area contributed by atoms with Gasteiger partial charge in [-0.1, -0.05) is 54.6 Å². The fourth-order valence-corrected chi connectivity index (χ4v) is 4.66. The van der Waals surface area contributed by atoms with E-state index >= 15 is 0 Å². The summed E-state index contributed by atoms with van der Waals surface area (Å²) >= 11 is 0. The van der Waals surface area contributed by atoms with Crippen LogP contribution in [0.5, 0.6) is 0 Å². The van der Waals surface area contributed by atoms with E-state index in [1.807, 2.05) is 51.1 Å². The van der Waals surface area contributed by atoms with Crippen LogP contribution in [0, 0.1) is 0 Å². The third-order valence-corrected chi connectivity index (χ3v) is 6.89. The maximum absolute atomic E-state index is 13.6. The van der Waals surface area contributed by atoms with Gasteiger partial charge in [0.05, 0.1) is 18.0 Å². The zero-order valence-corrected chi connectivity index (χ0v) is 25.5. The molecule has 0 spiro atoms. The van der Waals surface area contributed by atoms with E-state index < -0.39 is 53.9 Å². The third-order valence-electron chi connectivity index (χ3n) is 6.89. The molecule has 4 atom stereocenters. The summed E-state index contributed by atoms with van der Waals surface area (Å²) in [6.07, 6.45) is -1.89. The molecule has 236 valence electrons. The first-order valence-corrected chi connectivity index (χ1v) is 14.4. The van der Waals surface area contributed by atoms with Crippen molar-refractivity contribution in [2.24, 2.45) is 5.73 Å². The van der Waals surface area contributed by atoms with E-state index in [1.54, 1.807) is 37.3 Å². The van der Waals surface area contributed by atoms with Crippen molar-refractivity contribution in [2.75, 3.05) is 0 Å². The van der Waals surface area contributed by atoms with E-state index in [0.717, 1.165) is 10.9 Å². The molecule has 0 aliphatic rings. The number of carbonyl (C=O) groups excluding carboxylic acids is 4. The predicted octanol–water partition coefficient (Wildman–Crippen LogP) is 1.13. The lowest BCUT2D eigenvalue weighted by Crippen LogP contribution is -2.53. The van der Waals surface area contributed by atoms with Crippen molar-refractivity contribution in [3.05, 3.63) is 83.8 Å². The number of hydrogen-bond acceptors (Lipinski definition) is 9. The molecule has 0 fully saturated rings. The number of aliphatic hydroxyl groups is 1. The number of rotatable bonds is 12. The SMILES string of the molecule is C[C@@H](C(=O)NC(C)(C)C)n1nnnc1[C@H](O)[C@H](Cc1ccccc1)NC(=O)[C@H](CC(N)=O)NC(=O)c1ccc2ccccc2n1. The average Bonchev–Trinajstić information content (AvgIpc) is 3.48. The first kappa shape index (κ1) is 32.7. The number of tetrazole rings is 1. The molecular formula is C31H37N9O5. The molecule has 0 aliphatic heterocycles. The summed E-state index contributed by atoms with van der Waals surface area (Å²) in [5, 5.41) is 32.1. The molecule has 0 radical (unpaired) electrons. The zero-order chi connectivity index (χ0) is 32.7. The molecule has 6 N–H and O–H groups in total. The van der Waals surface area contributed by atoms with E-state index in [4.69, 9.17) is 5.73 Å². The highest BCUT2D eigenvalue weighted by Gasteiger charge is 2.34. The Labute approximate surface area is 259 Å². The number of benzene rings is 2. The van der Waals surface area contributed by atoms with Gasteiger partial charge < -0.3 is 26.8 Å². The van der Waals surface area contributed by atoms with Crippen LogP contribution in [0.2, 0.25) is 0 Å². The average molecular weight is 616 g/mol. The summed E-state index contributed by atoms with van der Waals surface area (Å²) in [5.41, 5.74) is 6.29. The quantitative estimate of drug-likeness (QED) is 0.155. The minimum absolute atomic E-state index is 0.0403. The third kappa shape index (κ3) is 8.66. The lowest BCUT2D eigenvalue weighted by Gasteiger charge is -2.27. The number of hydrogen-bond donors (Lipinski definition) is 5. The molecule has 0 saturated carbocycles. The number of amides is 4. The number of aromatic nitrogens is 5. The summed E-state index contributed by atoms with van der Waals surface area (Å²) in [5.74, 6) is -2.74. The van der Waals surface area contributed by atoms with Gasteiger partial charge in [-0.2, -0.15) is 0 Å². The van der Waals surface area contributed by atoms with Crippen LogP contribution in [0.4, 0.5) is 0 Å². The van der Waals surface area contributed by atoms with E-state index in [9.17, 15) is 24.3 Å². The fraction of sp³-hybridized carbons (Fsp3) is 0.355. The smallest absolute Gasteiger partial charge is 0.270 e. The summed E-state index contributed by atoms with van der Waals surface area (Å²) in [6.45, 7) is 7.07. The monoisotopic (exact) mass is 615 g/mol. The van der Waals surface area contributed by atoms with Crippen LogP contribution in [0.3, 0.4) is 0 Å². The van der Waals surface area contributed by atoms with Crippen LogP contribution in [-0.2, 0) is 20.8 Å². The molecule has 0 saturated heterocycles. The molecule has 4 rings (SSSR count). The van der Waals surface area contributed by atoms with Crippen molar-refractivity contribution in [3.63, 3.8) is 0 Å². The van der Waals surface area contributed by atoms with Gasteiger partial charge >= 0.3 is 0 Å². The van der Waals surface area contributed by atoms with Crippen LogP contribution in [-0.4, -0.2) is 71.5 Å². The number of fused-ring (bicyclic) bond motifs is 1. The molecule has 0 aliphatic carbocycles. The lowest BCUT2D eigenvalue weighted by molar-refractivity contribution is -0.128. The molecule has 4 amide bonds. The minimum Gasteiger partial charge on any atom is -0.383 e. The zero-order valence-electron chi connectivity index (χ0n) is 25.5. The summed E-state index contributed by atoms with van der Waals surface area (Å²) in [4.78, 5) is 56.0. The largest absolute Gasteiger partial charge is 0.383 e. The number of carbonyl (C=O) groups is 4. The number of aliphatic hydroxyl groups excluding tert-OH is 1. The van der Waals surface area contributed by atoms with Crippen LogP contribution in [0.1, 0.15) is 68.1 Å². The minimum atomic E-state index is -1.50. The molecule has 4 aromatic rings. The summed E-state index contributed by atoms with van der Waals surface area (Å²) < 4.78 is 1.18. The van der Waals surface area contributed by atoms with Gasteiger partial charge in [-0.05, 0) is 62.2 Å². The maximum atomic E-state index is 13.6. The van der Waals surface area contributed by atoms with Crippen LogP contribution in [0.15, 0.2) is 66.7 Å². The van der Waals surface area contributed by atoms with Gasteiger partial charge in [0.1, 0.15) is 23.9 Å². The summed E-state index contributed by atoms with van der Waals surface area (Å²) in [6, 6.07) is 16.2. The van der Waals surface area contributed by atoms with Crippen molar-refractivity contribution in [1.29, 1.82) is 0 Å². The molecule has 14 nitrogen and oxygen atoms in total. The van der Waals surface area contributed by atoms with Gasteiger partial charge in [-0.15, -0.1) is 5.10 Å². The van der Waals surface area contributed by atoms with Crippen molar-refractivity contribution in [2.45, 2.75) is 70.3 Å². The van der Waals surface area contributed by atoms with Crippen molar-refractivity contribution in [3.8, 4) is 0 Å². The van der Waals surface area contributed by atoms with E-state index in [0.29, 0.717) is 5.52 Å². The highest BCUT2D eigenvalue weighted by Crippen LogP contribution is 2.21. The van der Waals surface area contributed by atoms with Gasteiger partial charge in [-0.25, -0.2) is 9.67 Å². The second-order valence-corrected chi connectivity index (χ2v) is 11.7. The number of nitrogens with zero attached hydrogens (tertiary/aromatic N) is 5. The Morgan fingerprint density at radius 3 is 2.31 bits per heavy atom. The van der Waals surface area contributed by atoms with E-state index in [-0.39, 0.29) is 23.8 Å². The Hall–Kier alpha value is -5.24. The second-order valence-electron chi connectivity index (χ2n) is 11.7. The van der Waals surface area contributed by atoms with Crippen LogP contribution in [0.25, 0.3) is 10.9 Å². The molecule has 0 bridgehead atoms. The van der Waals surface area contributed by atoms with Gasteiger partial charge in [0.2, 0.25) is 17.7 Å². The van der Waals surface area contributed by atoms with Crippen molar-refractivity contribution >= 4 is 34.5 Å². The van der Waals surface area contributed by atoms with Crippen LogP contribution >= 0.6 is 0 Å². The number of pyridine rings is 1. The molecule has 2 heterocycles. The van der Waals surface area contributed by atoms with Crippen molar-refractivity contribution < 1.29 is 24.3 Å². The Kier molecular flexibility index (Phi) is 10.2. The van der Waals surface area contributed by atoms with E-state index in [1.165, 1.54) is 10.7 Å². The normalized spacial score (nSPS) is 14.2. The summed E-state index contributed by atoms with van der Waals surface area (Å²) in [7, 11) is 0. The molecular weight excluding hydrogens is 578 g/mol. The number of nitrogens with one attached hydrogen (secondary N) is 3. The van der Waals surface area contributed by atoms with Crippen LogP contribution < -0.4 is 21.7 Å². The lowest BCUT2D eigenvalue weighted by atomic mass is 9.99. The number of primary amides is 1. The highest BCUT2D eigenvalue weighted by molar-refractivity contribution is 5.99. The molecule has 0 unspecified atom stereocenters. The molecule has 14 heteroatoms. The van der Waals surface area contributed by atoms with Gasteiger partial charge in [0.15, 0.2) is 5.82 Å². The second kappa shape index (κ2) is 14.0. The Morgan fingerprint density at radius 1 is 0.933 bits per heavy atom. The van der Waals surface area contributed by atoms with E-state index in [2.05, 4.69) is 36.5 Å². The Morgan fingerprint density at radius 2 is 1.62 bits per heavy atom. The van der Waals surface area contributed by atoms with Gasteiger partial charge in [0, 0.05) is 10.9 Å². The molecule has 2 aromatic carbocycles. The van der Waals surface area contributed by atoms with Gasteiger partial charge in [-0.3, -0.25) is 19.2 Å². The number of para-hydroxylation sites is 1. The molecule has 2 aromatic heterocycles. The predicted molar refractivity (Wildman–Crippen MR) is 164 cm³/mol. The first-order valence-electron chi connectivity index (χ1n) is 14.4. The van der Waals surface area contributed by atoms with Gasteiger partial charge in [0.25, 0.3) is 5.91 Å². The number of nitrogens with two attached hydrogens (primary N) is 1. The highest BCUT2D eigenvalue weighted by atomic mass is 16.3. The maximum Gasteiger partial charge on any atom is 0.270 e. The Balaban J connectivity index is 1.59. The fourth-order valence-electron chi connectivity index (χ4n) is 4.66.